The molecule has 0 saturated heterocycles. The molecule has 3 nitrogen and oxygen atoms in total. The molecule has 2 aromatic rings. The van der Waals surface area contributed by atoms with Gasteiger partial charge in [-0.05, 0) is 30.8 Å². The second-order valence-electron chi connectivity index (χ2n) is 2.85. The van der Waals surface area contributed by atoms with Crippen molar-refractivity contribution in [3.8, 4) is 0 Å². The first-order valence-electron chi connectivity index (χ1n) is 4.34. The quantitative estimate of drug-likeness (QED) is 0.753. The zero-order valence-electron chi connectivity index (χ0n) is 8.01. The number of hydrogen-bond donors (Lipinski definition) is 0. The lowest BCUT2D eigenvalue weighted by molar-refractivity contribution is 0.964. The highest BCUT2D eigenvalue weighted by Crippen LogP contribution is 2.25. The molecule has 0 amide bonds. The third-order valence-corrected chi connectivity index (χ3v) is 2.69. The number of aryl methyl sites for hydroxylation is 1. The van der Waals surface area contributed by atoms with Crippen molar-refractivity contribution in [1.29, 1.82) is 0 Å². The van der Waals surface area contributed by atoms with Crippen LogP contribution < -0.4 is 0 Å². The van der Waals surface area contributed by atoms with E-state index < -0.39 is 0 Å². The molecule has 0 atom stereocenters. The Kier molecular flexibility index (Phi) is 3.18. The van der Waals surface area contributed by atoms with Gasteiger partial charge in [-0.1, -0.05) is 17.7 Å². The van der Waals surface area contributed by atoms with Crippen LogP contribution in [0.1, 0.15) is 5.82 Å². The lowest BCUT2D eigenvalue weighted by Crippen LogP contribution is -1.90. The highest BCUT2D eigenvalue weighted by Gasteiger charge is 2.02. The van der Waals surface area contributed by atoms with Crippen LogP contribution in [-0.4, -0.2) is 15.0 Å². The third-order valence-electron chi connectivity index (χ3n) is 1.63. The number of hydrogen-bond acceptors (Lipinski definition) is 4. The van der Waals surface area contributed by atoms with E-state index in [4.69, 9.17) is 11.6 Å². The summed E-state index contributed by atoms with van der Waals surface area (Å²) in [4.78, 5) is 12.4. The first-order valence-corrected chi connectivity index (χ1v) is 5.53. The average Bonchev–Trinajstić information content (AvgIpc) is 2.17. The van der Waals surface area contributed by atoms with Crippen LogP contribution in [0.15, 0.2) is 40.5 Å². The fourth-order valence-corrected chi connectivity index (χ4v) is 2.19. The van der Waals surface area contributed by atoms with Gasteiger partial charge < -0.3 is 0 Å². The Hall–Kier alpha value is -1.13. The minimum Gasteiger partial charge on any atom is -0.250 e. The molecule has 0 fully saturated rings. The van der Waals surface area contributed by atoms with Gasteiger partial charge in [0.25, 0.3) is 0 Å². The van der Waals surface area contributed by atoms with Gasteiger partial charge in [-0.25, -0.2) is 15.0 Å². The standard InChI is InChI=1S/C10H8ClN3S/c1-7-13-8(11)6-10(14-7)15-9-4-2-3-5-12-9/h2-6H,1H3. The van der Waals surface area contributed by atoms with Crippen molar-refractivity contribution in [2.24, 2.45) is 0 Å². The van der Waals surface area contributed by atoms with Gasteiger partial charge in [-0.2, -0.15) is 0 Å². The SMILES string of the molecule is Cc1nc(Cl)cc(Sc2ccccn2)n1. The molecule has 2 rings (SSSR count). The van der Waals surface area contributed by atoms with E-state index in [2.05, 4.69) is 15.0 Å². The molecule has 5 heteroatoms. The molecule has 0 aromatic carbocycles. The first-order chi connectivity index (χ1) is 7.24. The van der Waals surface area contributed by atoms with Gasteiger partial charge in [0.05, 0.1) is 0 Å². The lowest BCUT2D eigenvalue weighted by atomic mass is 10.5. The normalized spacial score (nSPS) is 10.3. The highest BCUT2D eigenvalue weighted by molar-refractivity contribution is 7.99. The van der Waals surface area contributed by atoms with E-state index in [-0.39, 0.29) is 0 Å². The Morgan fingerprint density at radius 3 is 2.73 bits per heavy atom. The summed E-state index contributed by atoms with van der Waals surface area (Å²) in [6, 6.07) is 7.47. The van der Waals surface area contributed by atoms with Crippen molar-refractivity contribution < 1.29 is 0 Å². The monoisotopic (exact) mass is 237 g/mol. The number of nitrogens with zero attached hydrogens (tertiary/aromatic N) is 3. The maximum atomic E-state index is 5.83. The predicted molar refractivity (Wildman–Crippen MR) is 60.1 cm³/mol. The van der Waals surface area contributed by atoms with Gasteiger partial charge in [0.15, 0.2) is 0 Å². The largest absolute Gasteiger partial charge is 0.250 e. The van der Waals surface area contributed by atoms with E-state index in [9.17, 15) is 0 Å². The number of halogens is 1. The zero-order valence-corrected chi connectivity index (χ0v) is 9.59. The molecule has 0 N–H and O–H groups in total. The van der Waals surface area contributed by atoms with E-state index in [0.29, 0.717) is 11.0 Å². The molecule has 2 heterocycles. The van der Waals surface area contributed by atoms with Crippen LogP contribution in [0, 0.1) is 6.92 Å². The van der Waals surface area contributed by atoms with Crippen LogP contribution >= 0.6 is 23.4 Å². The highest BCUT2D eigenvalue weighted by atomic mass is 35.5. The van der Waals surface area contributed by atoms with Crippen LogP contribution in [0.25, 0.3) is 0 Å². The molecule has 0 aliphatic carbocycles. The summed E-state index contributed by atoms with van der Waals surface area (Å²) in [7, 11) is 0. The Bertz CT molecular complexity index is 441. The van der Waals surface area contributed by atoms with Crippen molar-refractivity contribution in [1.82, 2.24) is 15.0 Å². The maximum Gasteiger partial charge on any atom is 0.133 e. The topological polar surface area (TPSA) is 38.7 Å². The van der Waals surface area contributed by atoms with Gasteiger partial charge in [0, 0.05) is 12.3 Å². The summed E-state index contributed by atoms with van der Waals surface area (Å²) >= 11 is 7.30. The van der Waals surface area contributed by atoms with E-state index >= 15 is 0 Å². The first kappa shape index (κ1) is 10.4. The maximum absolute atomic E-state index is 5.83. The van der Waals surface area contributed by atoms with Crippen LogP contribution in [-0.2, 0) is 0 Å². The van der Waals surface area contributed by atoms with E-state index in [1.807, 2.05) is 25.1 Å². The molecular weight excluding hydrogens is 230 g/mol. The second kappa shape index (κ2) is 4.59. The fraction of sp³-hybridized carbons (Fsp3) is 0.100. The van der Waals surface area contributed by atoms with Gasteiger partial charge in [0.1, 0.15) is 21.0 Å². The summed E-state index contributed by atoms with van der Waals surface area (Å²) in [6.07, 6.45) is 1.75. The fourth-order valence-electron chi connectivity index (χ4n) is 1.07. The average molecular weight is 238 g/mol. The minimum absolute atomic E-state index is 0.459. The Morgan fingerprint density at radius 2 is 2.07 bits per heavy atom. The lowest BCUT2D eigenvalue weighted by Gasteiger charge is -2.01. The van der Waals surface area contributed by atoms with Crippen molar-refractivity contribution in [2.45, 2.75) is 17.0 Å². The van der Waals surface area contributed by atoms with Crippen molar-refractivity contribution in [3.63, 3.8) is 0 Å². The summed E-state index contributed by atoms with van der Waals surface area (Å²) < 4.78 is 0. The number of pyridine rings is 1. The van der Waals surface area contributed by atoms with Gasteiger partial charge >= 0.3 is 0 Å². The second-order valence-corrected chi connectivity index (χ2v) is 4.27. The summed E-state index contributed by atoms with van der Waals surface area (Å²) in [5, 5.41) is 2.17. The van der Waals surface area contributed by atoms with Gasteiger partial charge in [-0.15, -0.1) is 0 Å². The Labute approximate surface area is 96.9 Å². The molecule has 0 saturated carbocycles. The molecule has 0 radical (unpaired) electrons. The molecule has 76 valence electrons. The molecular formula is C10H8ClN3S. The summed E-state index contributed by atoms with van der Waals surface area (Å²) in [5.74, 6) is 0.668. The minimum atomic E-state index is 0.459. The van der Waals surface area contributed by atoms with Crippen LogP contribution in [0.2, 0.25) is 5.15 Å². The van der Waals surface area contributed by atoms with Crippen LogP contribution in [0.5, 0.6) is 0 Å². The predicted octanol–water partition coefficient (Wildman–Crippen LogP) is 2.98. The van der Waals surface area contributed by atoms with Gasteiger partial charge in [-0.3, -0.25) is 0 Å². The molecule has 0 unspecified atom stereocenters. The summed E-state index contributed by atoms with van der Waals surface area (Å²) in [5.41, 5.74) is 0. The van der Waals surface area contributed by atoms with Crippen molar-refractivity contribution in [3.05, 3.63) is 41.4 Å². The van der Waals surface area contributed by atoms with Crippen LogP contribution in [0.4, 0.5) is 0 Å². The molecule has 0 aliphatic rings. The molecule has 0 aliphatic heterocycles. The third kappa shape index (κ3) is 2.91. The van der Waals surface area contributed by atoms with Crippen LogP contribution in [0.3, 0.4) is 0 Å². The van der Waals surface area contributed by atoms with Gasteiger partial charge in [0.2, 0.25) is 0 Å². The van der Waals surface area contributed by atoms with E-state index in [0.717, 1.165) is 10.1 Å². The molecule has 0 spiro atoms. The molecule has 0 bridgehead atoms. The van der Waals surface area contributed by atoms with E-state index in [1.54, 1.807) is 12.3 Å². The van der Waals surface area contributed by atoms with Crippen molar-refractivity contribution >= 4 is 23.4 Å². The number of rotatable bonds is 2. The number of aromatic nitrogens is 3. The summed E-state index contributed by atoms with van der Waals surface area (Å²) in [6.45, 7) is 1.81. The Morgan fingerprint density at radius 1 is 1.20 bits per heavy atom. The van der Waals surface area contributed by atoms with E-state index in [1.165, 1.54) is 11.8 Å². The Balaban J connectivity index is 2.25. The smallest absolute Gasteiger partial charge is 0.133 e. The van der Waals surface area contributed by atoms with Crippen molar-refractivity contribution in [2.75, 3.05) is 0 Å². The molecule has 2 aromatic heterocycles. The zero-order chi connectivity index (χ0) is 10.7. The molecule has 15 heavy (non-hydrogen) atoms.